The Morgan fingerprint density at radius 2 is 2.08 bits per heavy atom. The van der Waals surface area contributed by atoms with Crippen LogP contribution in [-0.2, 0) is 22.6 Å². The molecule has 3 saturated heterocycles. The molecular formula is C18H18N2O4S2. The number of carbonyl (C=O) groups excluding carboxylic acids is 1. The third kappa shape index (κ3) is 2.39. The van der Waals surface area contributed by atoms with E-state index in [0.717, 1.165) is 5.76 Å². The zero-order chi connectivity index (χ0) is 17.8. The van der Waals surface area contributed by atoms with Crippen LogP contribution in [0.15, 0.2) is 40.3 Å². The van der Waals surface area contributed by atoms with Gasteiger partial charge in [0.1, 0.15) is 11.9 Å². The number of nitrogens with zero attached hydrogens (tertiary/aromatic N) is 2. The van der Waals surface area contributed by atoms with E-state index in [9.17, 15) is 9.90 Å². The van der Waals surface area contributed by atoms with Crippen LogP contribution in [0.4, 0.5) is 0 Å². The van der Waals surface area contributed by atoms with Crippen LogP contribution < -0.4 is 0 Å². The topological polar surface area (TPSA) is 66.2 Å². The van der Waals surface area contributed by atoms with Gasteiger partial charge in [-0.1, -0.05) is 6.07 Å². The lowest BCUT2D eigenvalue weighted by Crippen LogP contribution is -2.66. The van der Waals surface area contributed by atoms with Crippen LogP contribution in [0.3, 0.4) is 0 Å². The fraction of sp³-hybridized carbons (Fsp3) is 0.444. The maximum atomic E-state index is 12.4. The zero-order valence-electron chi connectivity index (χ0n) is 13.9. The number of furan rings is 1. The quantitative estimate of drug-likeness (QED) is 0.633. The molecule has 0 radical (unpaired) electrons. The molecule has 2 aromatic heterocycles. The molecule has 26 heavy (non-hydrogen) atoms. The van der Waals surface area contributed by atoms with Crippen molar-refractivity contribution in [2.75, 3.05) is 0 Å². The van der Waals surface area contributed by atoms with Crippen LogP contribution in [0.5, 0.6) is 0 Å². The number of rotatable bonds is 4. The molecule has 0 unspecified atom stereocenters. The Balaban J connectivity index is 1.52. The summed E-state index contributed by atoms with van der Waals surface area (Å²) in [4.78, 5) is 17.8. The molecule has 1 N–H and O–H groups in total. The zero-order valence-corrected chi connectivity index (χ0v) is 15.5. The highest BCUT2D eigenvalue weighted by Crippen LogP contribution is 2.45. The minimum Gasteiger partial charge on any atom is -0.467 e. The molecule has 4 aliphatic rings. The predicted octanol–water partition coefficient (Wildman–Crippen LogP) is 1.99. The largest absolute Gasteiger partial charge is 0.467 e. The summed E-state index contributed by atoms with van der Waals surface area (Å²) in [5.41, 5.74) is 0. The lowest BCUT2D eigenvalue weighted by Gasteiger charge is -2.49. The first-order chi connectivity index (χ1) is 12.6. The average molecular weight is 390 g/mol. The molecule has 0 spiro atoms. The number of thiophene rings is 1. The van der Waals surface area contributed by atoms with E-state index >= 15 is 0 Å². The molecule has 1 aliphatic carbocycles. The van der Waals surface area contributed by atoms with Gasteiger partial charge in [0.25, 0.3) is 0 Å². The summed E-state index contributed by atoms with van der Waals surface area (Å²) in [5.74, 6) is 0.201. The predicted molar refractivity (Wildman–Crippen MR) is 98.3 cm³/mol. The summed E-state index contributed by atoms with van der Waals surface area (Å²) in [6.45, 7) is 1.17. The van der Waals surface area contributed by atoms with Gasteiger partial charge in [-0.25, -0.2) is 0 Å². The van der Waals surface area contributed by atoms with E-state index in [2.05, 4.69) is 15.9 Å². The molecule has 3 aliphatic heterocycles. The molecule has 136 valence electrons. The van der Waals surface area contributed by atoms with Crippen molar-refractivity contribution in [2.24, 2.45) is 5.92 Å². The summed E-state index contributed by atoms with van der Waals surface area (Å²) in [6.07, 6.45) is 0.878. The van der Waals surface area contributed by atoms with E-state index in [1.54, 1.807) is 17.6 Å². The number of aliphatic hydroxyl groups is 1. The SMILES string of the molecule is O=C1O[C@@H]2[C@H]3[C@@H]([C@H]1C[C@H]2O)N(Cc1ccco1)C(=S)N3Cc1cccs1. The maximum Gasteiger partial charge on any atom is 0.311 e. The minimum absolute atomic E-state index is 0.0952. The number of carbonyl (C=O) groups is 1. The Kier molecular flexibility index (Phi) is 3.80. The summed E-state index contributed by atoms with van der Waals surface area (Å²) in [5, 5.41) is 13.2. The van der Waals surface area contributed by atoms with Gasteiger partial charge >= 0.3 is 5.97 Å². The van der Waals surface area contributed by atoms with Crippen LogP contribution in [0.1, 0.15) is 17.1 Å². The van der Waals surface area contributed by atoms with Gasteiger partial charge in [0, 0.05) is 4.88 Å². The molecule has 2 aromatic rings. The highest BCUT2D eigenvalue weighted by Gasteiger charge is 2.62. The second-order valence-electron chi connectivity index (χ2n) is 6.99. The molecule has 5 heterocycles. The smallest absolute Gasteiger partial charge is 0.311 e. The molecule has 0 amide bonds. The average Bonchev–Trinajstić information content (AvgIpc) is 3.35. The molecule has 8 heteroatoms. The molecule has 0 aromatic carbocycles. The number of ether oxygens (including phenoxy) is 1. The van der Waals surface area contributed by atoms with Gasteiger partial charge in [0.2, 0.25) is 0 Å². The lowest BCUT2D eigenvalue weighted by atomic mass is 9.74. The van der Waals surface area contributed by atoms with E-state index in [1.165, 1.54) is 4.88 Å². The van der Waals surface area contributed by atoms with Crippen molar-refractivity contribution in [1.82, 2.24) is 9.80 Å². The van der Waals surface area contributed by atoms with Crippen molar-refractivity contribution in [2.45, 2.75) is 43.8 Å². The first-order valence-corrected chi connectivity index (χ1v) is 9.93. The van der Waals surface area contributed by atoms with Crippen molar-refractivity contribution in [3.05, 3.63) is 46.5 Å². The van der Waals surface area contributed by atoms with Crippen molar-refractivity contribution >= 4 is 34.6 Å². The monoisotopic (exact) mass is 390 g/mol. The third-order valence-electron chi connectivity index (χ3n) is 5.55. The van der Waals surface area contributed by atoms with Crippen molar-refractivity contribution in [3.8, 4) is 0 Å². The van der Waals surface area contributed by atoms with Gasteiger partial charge in [-0.05, 0) is 42.2 Å². The minimum atomic E-state index is -0.642. The highest BCUT2D eigenvalue weighted by atomic mass is 32.1. The number of thiocarbonyl (C=S) groups is 1. The summed E-state index contributed by atoms with van der Waals surface area (Å²) in [6, 6.07) is 7.61. The van der Waals surface area contributed by atoms with Crippen molar-refractivity contribution in [3.63, 3.8) is 0 Å². The molecule has 2 bridgehead atoms. The first kappa shape index (κ1) is 16.3. The van der Waals surface area contributed by atoms with Gasteiger partial charge in [-0.15, -0.1) is 11.3 Å². The van der Waals surface area contributed by atoms with Crippen LogP contribution >= 0.6 is 23.6 Å². The van der Waals surface area contributed by atoms with Gasteiger partial charge in [0.05, 0.1) is 43.5 Å². The Morgan fingerprint density at radius 1 is 1.23 bits per heavy atom. The van der Waals surface area contributed by atoms with Crippen LogP contribution in [0, 0.1) is 5.92 Å². The van der Waals surface area contributed by atoms with Crippen molar-refractivity contribution < 1.29 is 19.1 Å². The van der Waals surface area contributed by atoms with Crippen LogP contribution in [-0.4, -0.2) is 50.3 Å². The molecule has 5 atom stereocenters. The van der Waals surface area contributed by atoms with Gasteiger partial charge < -0.3 is 24.1 Å². The van der Waals surface area contributed by atoms with E-state index in [1.807, 2.05) is 23.6 Å². The number of esters is 1. The maximum absolute atomic E-state index is 12.4. The second-order valence-corrected chi connectivity index (χ2v) is 8.39. The number of hydrogen-bond acceptors (Lipinski definition) is 6. The fourth-order valence-corrected chi connectivity index (χ4v) is 5.54. The van der Waals surface area contributed by atoms with Gasteiger partial charge in [0.15, 0.2) is 5.11 Å². The first-order valence-electron chi connectivity index (χ1n) is 8.64. The Bertz CT molecular complexity index is 822. The molecule has 6 nitrogen and oxygen atoms in total. The summed E-state index contributed by atoms with van der Waals surface area (Å²) < 4.78 is 11.1. The molecule has 4 fully saturated rings. The van der Waals surface area contributed by atoms with E-state index < -0.39 is 12.2 Å². The Hall–Kier alpha value is -1.90. The standard InChI is InChI=1S/C18H18N2O4S2/c21-13-7-12-14-15(16(13)24-17(12)22)20(9-11-4-2-6-26-11)18(25)19(14)8-10-3-1-5-23-10/h1-6,12-16,21H,7-9H2/t12-,13-,14-,15-,16+/m1/s1. The number of hydrogen-bond donors (Lipinski definition) is 1. The number of fused-ring (bicyclic) bond motifs is 2. The summed E-state index contributed by atoms with van der Waals surface area (Å²) in [7, 11) is 0. The van der Waals surface area contributed by atoms with Crippen LogP contribution in [0.25, 0.3) is 0 Å². The van der Waals surface area contributed by atoms with Crippen LogP contribution in [0.2, 0.25) is 0 Å². The van der Waals surface area contributed by atoms with Crippen molar-refractivity contribution in [1.29, 1.82) is 0 Å². The lowest BCUT2D eigenvalue weighted by molar-refractivity contribution is -0.199. The summed E-state index contributed by atoms with van der Waals surface area (Å²) >= 11 is 7.47. The van der Waals surface area contributed by atoms with E-state index in [4.69, 9.17) is 21.4 Å². The van der Waals surface area contributed by atoms with Gasteiger partial charge in [-0.2, -0.15) is 0 Å². The fourth-order valence-electron chi connectivity index (χ4n) is 4.47. The third-order valence-corrected chi connectivity index (χ3v) is 6.88. The number of aliphatic hydroxyl groups excluding tert-OH is 1. The normalized spacial score (nSPS) is 32.9. The second kappa shape index (κ2) is 6.07. The molecular weight excluding hydrogens is 372 g/mol. The molecule has 1 saturated carbocycles. The van der Waals surface area contributed by atoms with Gasteiger partial charge in [-0.3, -0.25) is 4.79 Å². The Labute approximate surface area is 160 Å². The Morgan fingerprint density at radius 3 is 2.81 bits per heavy atom. The van der Waals surface area contributed by atoms with E-state index in [0.29, 0.717) is 24.6 Å². The molecule has 6 rings (SSSR count). The van der Waals surface area contributed by atoms with E-state index in [-0.39, 0.29) is 24.0 Å². The highest BCUT2D eigenvalue weighted by molar-refractivity contribution is 7.80.